The lowest BCUT2D eigenvalue weighted by atomic mass is 10.00. The summed E-state index contributed by atoms with van der Waals surface area (Å²) < 4.78 is 13.6. The van der Waals surface area contributed by atoms with Gasteiger partial charge in [0.25, 0.3) is 5.91 Å². The van der Waals surface area contributed by atoms with Gasteiger partial charge in [-0.05, 0) is 29.3 Å². The Morgan fingerprint density at radius 2 is 1.93 bits per heavy atom. The maximum absolute atomic E-state index is 13.6. The maximum atomic E-state index is 13.6. The van der Waals surface area contributed by atoms with Crippen molar-refractivity contribution >= 4 is 23.5 Å². The molecule has 0 radical (unpaired) electrons. The number of benzene rings is 2. The second-order valence-electron chi connectivity index (χ2n) is 7.83. The van der Waals surface area contributed by atoms with Gasteiger partial charge in [-0.15, -0.1) is 0 Å². The average Bonchev–Trinajstić information content (AvgIpc) is 3.22. The van der Waals surface area contributed by atoms with E-state index in [1.165, 1.54) is 6.07 Å². The van der Waals surface area contributed by atoms with Crippen LogP contribution in [0.5, 0.6) is 0 Å². The first-order chi connectivity index (χ1) is 14.6. The van der Waals surface area contributed by atoms with Crippen LogP contribution < -0.4 is 0 Å². The van der Waals surface area contributed by atoms with Gasteiger partial charge >= 0.3 is 0 Å². The molecule has 154 valence electrons. The van der Waals surface area contributed by atoms with Crippen molar-refractivity contribution in [2.75, 3.05) is 26.2 Å². The molecule has 0 spiro atoms. The van der Waals surface area contributed by atoms with Crippen LogP contribution in [0, 0.1) is 5.82 Å². The summed E-state index contributed by atoms with van der Waals surface area (Å²) in [6.07, 6.45) is 0.787. The Kier molecular flexibility index (Phi) is 5.05. The summed E-state index contributed by atoms with van der Waals surface area (Å²) in [5.74, 6) is 0.491. The van der Waals surface area contributed by atoms with E-state index in [1.54, 1.807) is 17.0 Å². The average molecular weight is 425 g/mol. The zero-order valence-electron chi connectivity index (χ0n) is 16.5. The number of nitrogens with zero attached hydrogens (tertiary/aromatic N) is 4. The quantitative estimate of drug-likeness (QED) is 0.752. The molecular weight excluding hydrogens is 403 g/mol. The monoisotopic (exact) mass is 424 g/mol. The highest BCUT2D eigenvalue weighted by atomic mass is 35.5. The van der Waals surface area contributed by atoms with E-state index in [4.69, 9.17) is 11.6 Å². The predicted molar refractivity (Wildman–Crippen MR) is 114 cm³/mol. The van der Waals surface area contributed by atoms with Crippen molar-refractivity contribution in [2.45, 2.75) is 19.5 Å². The number of hydrogen-bond donors (Lipinski definition) is 0. The van der Waals surface area contributed by atoms with Gasteiger partial charge in [-0.2, -0.15) is 0 Å². The van der Waals surface area contributed by atoms with Crippen LogP contribution in [0.15, 0.2) is 64.8 Å². The van der Waals surface area contributed by atoms with Crippen LogP contribution in [0.25, 0.3) is 0 Å². The fraction of sp³-hybridized carbons (Fsp3) is 0.304. The number of carbonyl (C=O) groups excluding carboxylic acids is 1. The van der Waals surface area contributed by atoms with Gasteiger partial charge in [0.1, 0.15) is 5.82 Å². The Bertz CT molecular complexity index is 1070. The molecule has 0 aliphatic carbocycles. The molecule has 3 heterocycles. The SMILES string of the molecule is O=C1C2=C(CCN(Cc3cccc(F)c3)C2)N2CCN=C2N1Cc1ccccc1Cl. The molecule has 3 aliphatic heterocycles. The van der Waals surface area contributed by atoms with Crippen molar-refractivity contribution in [3.63, 3.8) is 0 Å². The zero-order chi connectivity index (χ0) is 20.7. The summed E-state index contributed by atoms with van der Waals surface area (Å²) in [5.41, 5.74) is 3.71. The van der Waals surface area contributed by atoms with Crippen molar-refractivity contribution in [3.8, 4) is 0 Å². The highest BCUT2D eigenvalue weighted by Crippen LogP contribution is 2.32. The molecule has 0 N–H and O–H groups in total. The second-order valence-corrected chi connectivity index (χ2v) is 8.24. The number of amides is 1. The molecule has 3 aliphatic rings. The van der Waals surface area contributed by atoms with E-state index in [0.717, 1.165) is 47.9 Å². The number of rotatable bonds is 4. The fourth-order valence-corrected chi connectivity index (χ4v) is 4.64. The minimum absolute atomic E-state index is 0.00855. The maximum Gasteiger partial charge on any atom is 0.259 e. The second kappa shape index (κ2) is 7.85. The molecule has 5 nitrogen and oxygen atoms in total. The van der Waals surface area contributed by atoms with Crippen LogP contribution in [0.4, 0.5) is 4.39 Å². The van der Waals surface area contributed by atoms with Crippen LogP contribution in [0.1, 0.15) is 17.5 Å². The van der Waals surface area contributed by atoms with Crippen molar-refractivity contribution in [1.82, 2.24) is 14.7 Å². The summed E-state index contributed by atoms with van der Waals surface area (Å²) in [6.45, 7) is 3.88. The number of hydrogen-bond acceptors (Lipinski definition) is 4. The van der Waals surface area contributed by atoms with Crippen LogP contribution >= 0.6 is 11.6 Å². The highest BCUT2D eigenvalue weighted by Gasteiger charge is 2.41. The first kappa shape index (κ1) is 19.3. The summed E-state index contributed by atoms with van der Waals surface area (Å²) >= 11 is 6.36. The van der Waals surface area contributed by atoms with Crippen molar-refractivity contribution < 1.29 is 9.18 Å². The van der Waals surface area contributed by atoms with E-state index < -0.39 is 0 Å². The Morgan fingerprint density at radius 3 is 2.77 bits per heavy atom. The number of aliphatic imine (C=N–C) groups is 1. The molecule has 0 bridgehead atoms. The van der Waals surface area contributed by atoms with Crippen LogP contribution in [0.3, 0.4) is 0 Å². The zero-order valence-corrected chi connectivity index (χ0v) is 17.3. The molecule has 0 saturated carbocycles. The van der Waals surface area contributed by atoms with Crippen molar-refractivity contribution in [2.24, 2.45) is 4.99 Å². The van der Waals surface area contributed by atoms with Gasteiger partial charge in [-0.1, -0.05) is 41.9 Å². The Hall–Kier alpha value is -2.70. The summed E-state index contributed by atoms with van der Waals surface area (Å²) in [7, 11) is 0. The van der Waals surface area contributed by atoms with Crippen LogP contribution in [-0.4, -0.2) is 52.7 Å². The van der Waals surface area contributed by atoms with Crippen LogP contribution in [-0.2, 0) is 17.9 Å². The number of fused-ring (bicyclic) bond motifs is 2. The molecule has 7 heteroatoms. The van der Waals surface area contributed by atoms with Crippen LogP contribution in [0.2, 0.25) is 5.02 Å². The van der Waals surface area contributed by atoms with Gasteiger partial charge < -0.3 is 4.90 Å². The molecule has 0 atom stereocenters. The smallest absolute Gasteiger partial charge is 0.259 e. The molecule has 0 unspecified atom stereocenters. The predicted octanol–water partition coefficient (Wildman–Crippen LogP) is 3.65. The number of guanidine groups is 1. The standard InChI is InChI=1S/C23H22ClFN4O/c24-20-7-2-1-5-17(20)14-29-22(30)19-15-27(13-16-4-3-6-18(25)12-16)10-8-21(19)28-11-9-26-23(28)29/h1-7,12H,8-11,13-15H2. The number of carbonyl (C=O) groups is 1. The largest absolute Gasteiger partial charge is 0.314 e. The Labute approximate surface area is 180 Å². The van der Waals surface area contributed by atoms with Crippen molar-refractivity contribution in [3.05, 3.63) is 81.8 Å². The molecule has 2 aromatic rings. The van der Waals surface area contributed by atoms with E-state index in [1.807, 2.05) is 30.3 Å². The Balaban J connectivity index is 1.41. The van der Waals surface area contributed by atoms with E-state index in [-0.39, 0.29) is 11.7 Å². The number of halogens is 2. The molecule has 0 saturated heterocycles. The lowest BCUT2D eigenvalue weighted by Crippen LogP contribution is -2.53. The molecule has 5 rings (SSSR count). The third-order valence-electron chi connectivity index (χ3n) is 5.87. The van der Waals surface area contributed by atoms with Gasteiger partial charge in [0.2, 0.25) is 5.96 Å². The minimum atomic E-state index is -0.234. The molecule has 1 amide bonds. The summed E-state index contributed by atoms with van der Waals surface area (Å²) in [4.78, 5) is 24.3. The van der Waals surface area contributed by atoms with Gasteiger partial charge in [-0.3, -0.25) is 19.6 Å². The first-order valence-electron chi connectivity index (χ1n) is 10.2. The summed E-state index contributed by atoms with van der Waals surface area (Å²) in [6, 6.07) is 14.2. The van der Waals surface area contributed by atoms with Gasteiger partial charge in [0.15, 0.2) is 0 Å². The topological polar surface area (TPSA) is 39.2 Å². The minimum Gasteiger partial charge on any atom is -0.314 e. The summed E-state index contributed by atoms with van der Waals surface area (Å²) in [5, 5.41) is 0.645. The fourth-order valence-electron chi connectivity index (χ4n) is 4.44. The third kappa shape index (κ3) is 3.50. The molecule has 0 fully saturated rings. The van der Waals surface area contributed by atoms with Gasteiger partial charge in [-0.25, -0.2) is 4.39 Å². The third-order valence-corrected chi connectivity index (χ3v) is 6.23. The Morgan fingerprint density at radius 1 is 1.07 bits per heavy atom. The van der Waals surface area contributed by atoms with E-state index >= 15 is 0 Å². The first-order valence-corrected chi connectivity index (χ1v) is 10.5. The van der Waals surface area contributed by atoms with Crippen molar-refractivity contribution in [1.29, 1.82) is 0 Å². The molecule has 30 heavy (non-hydrogen) atoms. The normalized spacial score (nSPS) is 19.1. The lowest BCUT2D eigenvalue weighted by molar-refractivity contribution is -0.125. The van der Waals surface area contributed by atoms with E-state index in [2.05, 4.69) is 14.8 Å². The van der Waals surface area contributed by atoms with Gasteiger partial charge in [0.05, 0.1) is 18.7 Å². The van der Waals surface area contributed by atoms with E-state index in [9.17, 15) is 9.18 Å². The highest BCUT2D eigenvalue weighted by molar-refractivity contribution is 6.31. The molecule has 2 aromatic carbocycles. The molecule has 0 aromatic heterocycles. The molecular formula is C23H22ClFN4O. The lowest BCUT2D eigenvalue weighted by Gasteiger charge is -2.42. The van der Waals surface area contributed by atoms with Gasteiger partial charge in [0, 0.05) is 43.3 Å². The van der Waals surface area contributed by atoms with E-state index in [0.29, 0.717) is 31.2 Å².